The molecule has 2 aromatic carbocycles. The fourth-order valence-electron chi connectivity index (χ4n) is 3.50. The highest BCUT2D eigenvalue weighted by molar-refractivity contribution is 7.89. The van der Waals surface area contributed by atoms with Crippen molar-refractivity contribution in [3.05, 3.63) is 47.8 Å². The Kier molecular flexibility index (Phi) is 6.61. The number of hydrogen-bond donors (Lipinski definition) is 1. The van der Waals surface area contributed by atoms with Crippen LogP contribution < -0.4 is 19.1 Å². The number of benzene rings is 2. The van der Waals surface area contributed by atoms with E-state index in [0.717, 1.165) is 5.56 Å². The van der Waals surface area contributed by atoms with E-state index in [1.54, 1.807) is 21.3 Å². The molecular formula is C20H26FN2O5S+. The summed E-state index contributed by atoms with van der Waals surface area (Å²) in [5.74, 6) is 1.28. The largest absolute Gasteiger partial charge is 0.493 e. The molecular weight excluding hydrogens is 399 g/mol. The minimum Gasteiger partial charge on any atom is -0.493 e. The summed E-state index contributed by atoms with van der Waals surface area (Å²) in [7, 11) is 1.11. The number of piperazine rings is 1. The first-order valence-electron chi connectivity index (χ1n) is 9.27. The van der Waals surface area contributed by atoms with Crippen LogP contribution in [0.2, 0.25) is 0 Å². The van der Waals surface area contributed by atoms with E-state index in [2.05, 4.69) is 0 Å². The van der Waals surface area contributed by atoms with Gasteiger partial charge in [0.2, 0.25) is 15.8 Å². The second kappa shape index (κ2) is 8.98. The lowest BCUT2D eigenvalue weighted by atomic mass is 10.1. The number of quaternary nitrogens is 1. The Morgan fingerprint density at radius 3 is 2.00 bits per heavy atom. The molecule has 0 aliphatic carbocycles. The number of halogens is 1. The van der Waals surface area contributed by atoms with Gasteiger partial charge in [0.05, 0.1) is 52.4 Å². The molecule has 0 amide bonds. The molecule has 0 atom stereocenters. The molecule has 1 saturated heterocycles. The van der Waals surface area contributed by atoms with Gasteiger partial charge in [-0.3, -0.25) is 0 Å². The zero-order chi connectivity index (χ0) is 21.0. The first-order valence-corrected chi connectivity index (χ1v) is 10.7. The third kappa shape index (κ3) is 4.63. The van der Waals surface area contributed by atoms with Gasteiger partial charge in [-0.2, -0.15) is 4.31 Å². The molecule has 1 aliphatic rings. The Balaban J connectivity index is 1.68. The average molecular weight is 426 g/mol. The number of sulfonamides is 1. The molecule has 0 radical (unpaired) electrons. The van der Waals surface area contributed by atoms with Crippen molar-refractivity contribution in [2.45, 2.75) is 11.4 Å². The highest BCUT2D eigenvalue weighted by atomic mass is 32.2. The predicted octanol–water partition coefficient (Wildman–Crippen LogP) is 0.941. The molecule has 158 valence electrons. The fraction of sp³-hybridized carbons (Fsp3) is 0.400. The van der Waals surface area contributed by atoms with Crippen LogP contribution in [0.5, 0.6) is 17.2 Å². The van der Waals surface area contributed by atoms with E-state index in [9.17, 15) is 12.8 Å². The Morgan fingerprint density at radius 1 is 0.966 bits per heavy atom. The first kappa shape index (κ1) is 21.4. The summed E-state index contributed by atoms with van der Waals surface area (Å²) in [5.41, 5.74) is 1.02. The zero-order valence-electron chi connectivity index (χ0n) is 16.8. The lowest BCUT2D eigenvalue weighted by Crippen LogP contribution is -3.13. The lowest BCUT2D eigenvalue weighted by molar-refractivity contribution is -0.917. The van der Waals surface area contributed by atoms with Crippen LogP contribution >= 0.6 is 0 Å². The summed E-state index contributed by atoms with van der Waals surface area (Å²) in [4.78, 5) is 1.37. The zero-order valence-corrected chi connectivity index (χ0v) is 17.6. The van der Waals surface area contributed by atoms with Crippen LogP contribution in [-0.4, -0.2) is 60.2 Å². The van der Waals surface area contributed by atoms with E-state index >= 15 is 0 Å². The second-order valence-corrected chi connectivity index (χ2v) is 8.76. The van der Waals surface area contributed by atoms with Gasteiger partial charge in [-0.1, -0.05) is 0 Å². The third-order valence-electron chi connectivity index (χ3n) is 5.06. The van der Waals surface area contributed by atoms with Gasteiger partial charge in [-0.05, 0) is 36.4 Å². The fourth-order valence-corrected chi connectivity index (χ4v) is 4.94. The van der Waals surface area contributed by atoms with Crippen molar-refractivity contribution in [2.24, 2.45) is 0 Å². The van der Waals surface area contributed by atoms with E-state index in [0.29, 0.717) is 50.0 Å². The average Bonchev–Trinajstić information content (AvgIpc) is 2.73. The molecule has 1 N–H and O–H groups in total. The standard InChI is InChI=1S/C20H25FN2O5S/c1-26-18-12-15(13-19(27-2)20(18)28-3)14-22-8-10-23(11-9-22)29(24,25)17-6-4-16(21)5-7-17/h4-7,12-13H,8-11,14H2,1-3H3/p+1. The Bertz CT molecular complexity index is 917. The highest BCUT2D eigenvalue weighted by Gasteiger charge is 2.30. The molecule has 1 aliphatic heterocycles. The topological polar surface area (TPSA) is 69.5 Å². The molecule has 7 nitrogen and oxygen atoms in total. The van der Waals surface area contributed by atoms with Crippen LogP contribution in [0.25, 0.3) is 0 Å². The highest BCUT2D eigenvalue weighted by Crippen LogP contribution is 2.38. The number of rotatable bonds is 7. The number of methoxy groups -OCH3 is 3. The summed E-state index contributed by atoms with van der Waals surface area (Å²) >= 11 is 0. The smallest absolute Gasteiger partial charge is 0.243 e. The quantitative estimate of drug-likeness (QED) is 0.715. The van der Waals surface area contributed by atoms with E-state index in [1.165, 1.54) is 33.5 Å². The van der Waals surface area contributed by atoms with Crippen molar-refractivity contribution in [1.29, 1.82) is 0 Å². The molecule has 0 aromatic heterocycles. The molecule has 0 spiro atoms. The Labute approximate surface area is 170 Å². The van der Waals surface area contributed by atoms with Gasteiger partial charge >= 0.3 is 0 Å². The summed E-state index contributed by atoms with van der Waals surface area (Å²) < 4.78 is 56.2. The van der Waals surface area contributed by atoms with Crippen molar-refractivity contribution in [1.82, 2.24) is 4.31 Å². The van der Waals surface area contributed by atoms with E-state index < -0.39 is 15.8 Å². The predicted molar refractivity (Wildman–Crippen MR) is 106 cm³/mol. The van der Waals surface area contributed by atoms with Crippen LogP contribution in [0.15, 0.2) is 41.3 Å². The van der Waals surface area contributed by atoms with Gasteiger partial charge < -0.3 is 19.1 Å². The summed E-state index contributed by atoms with van der Waals surface area (Å²) in [6, 6.07) is 8.77. The van der Waals surface area contributed by atoms with Gasteiger partial charge in [0, 0.05) is 5.56 Å². The summed E-state index contributed by atoms with van der Waals surface area (Å²) in [6.45, 7) is 2.84. The molecule has 1 fully saturated rings. The number of nitrogens with zero attached hydrogens (tertiary/aromatic N) is 1. The molecule has 2 aromatic rings. The van der Waals surface area contributed by atoms with Crippen molar-refractivity contribution >= 4 is 10.0 Å². The normalized spacial score (nSPS) is 15.9. The van der Waals surface area contributed by atoms with Crippen LogP contribution in [-0.2, 0) is 16.6 Å². The Morgan fingerprint density at radius 2 is 1.52 bits per heavy atom. The minimum atomic E-state index is -3.61. The van der Waals surface area contributed by atoms with Gasteiger partial charge in [-0.25, -0.2) is 12.8 Å². The molecule has 1 heterocycles. The minimum absolute atomic E-state index is 0.118. The van der Waals surface area contributed by atoms with Crippen LogP contribution in [0.4, 0.5) is 4.39 Å². The SMILES string of the molecule is COc1cc(C[NH+]2CCN(S(=O)(=O)c3ccc(F)cc3)CC2)cc(OC)c1OC. The molecule has 9 heteroatoms. The third-order valence-corrected chi connectivity index (χ3v) is 6.97. The summed E-state index contributed by atoms with van der Waals surface area (Å²) in [6.07, 6.45) is 0. The number of ether oxygens (including phenoxy) is 3. The number of hydrogen-bond acceptors (Lipinski definition) is 5. The van der Waals surface area contributed by atoms with Crippen LogP contribution in [0.3, 0.4) is 0 Å². The maximum atomic E-state index is 13.1. The van der Waals surface area contributed by atoms with Gasteiger partial charge in [0.25, 0.3) is 0 Å². The first-order chi connectivity index (χ1) is 13.9. The maximum Gasteiger partial charge on any atom is 0.243 e. The summed E-state index contributed by atoms with van der Waals surface area (Å²) in [5, 5.41) is 0. The van der Waals surface area contributed by atoms with Crippen LogP contribution in [0.1, 0.15) is 5.56 Å². The van der Waals surface area contributed by atoms with Gasteiger partial charge in [0.1, 0.15) is 12.4 Å². The van der Waals surface area contributed by atoms with Crippen molar-refractivity contribution < 1.29 is 31.9 Å². The van der Waals surface area contributed by atoms with E-state index in [-0.39, 0.29) is 4.90 Å². The molecule has 0 saturated carbocycles. The molecule has 0 unspecified atom stereocenters. The van der Waals surface area contributed by atoms with Gasteiger partial charge in [-0.15, -0.1) is 0 Å². The maximum absolute atomic E-state index is 13.1. The lowest BCUT2D eigenvalue weighted by Gasteiger charge is -2.31. The molecule has 29 heavy (non-hydrogen) atoms. The van der Waals surface area contributed by atoms with Crippen LogP contribution in [0, 0.1) is 5.82 Å². The van der Waals surface area contributed by atoms with Crippen molar-refractivity contribution in [2.75, 3.05) is 47.5 Å². The Hall–Kier alpha value is -2.36. The molecule has 0 bridgehead atoms. The second-order valence-electron chi connectivity index (χ2n) is 6.82. The van der Waals surface area contributed by atoms with Crippen molar-refractivity contribution in [3.8, 4) is 17.2 Å². The van der Waals surface area contributed by atoms with E-state index in [1.807, 2.05) is 12.1 Å². The van der Waals surface area contributed by atoms with E-state index in [4.69, 9.17) is 14.2 Å². The van der Waals surface area contributed by atoms with Gasteiger partial charge in [0.15, 0.2) is 11.5 Å². The van der Waals surface area contributed by atoms with Crippen molar-refractivity contribution in [3.63, 3.8) is 0 Å². The molecule has 3 rings (SSSR count). The number of nitrogens with one attached hydrogen (secondary N) is 1. The monoisotopic (exact) mass is 425 g/mol.